The van der Waals surface area contributed by atoms with Crippen LogP contribution in [0.25, 0.3) is 0 Å². The standard InChI is InChI=1S/C7H12ClFO2/c1-3-5-4(2)7(8,9)6(10)11-5/h4-6,10H,3H2,1-2H3/t4-,5-,6?,7+/m1/s1. The summed E-state index contributed by atoms with van der Waals surface area (Å²) in [5.41, 5.74) is 0. The van der Waals surface area contributed by atoms with Crippen LogP contribution in [-0.4, -0.2) is 22.6 Å². The third kappa shape index (κ3) is 1.37. The first-order chi connectivity index (χ1) is 5.00. The molecule has 0 aromatic carbocycles. The summed E-state index contributed by atoms with van der Waals surface area (Å²) in [6, 6.07) is 0. The van der Waals surface area contributed by atoms with Crippen LogP contribution < -0.4 is 0 Å². The molecule has 1 rings (SSSR count). The first kappa shape index (κ1) is 9.23. The van der Waals surface area contributed by atoms with E-state index >= 15 is 0 Å². The molecule has 0 aromatic rings. The van der Waals surface area contributed by atoms with Gasteiger partial charge in [-0.3, -0.25) is 0 Å². The largest absolute Gasteiger partial charge is 0.364 e. The molecule has 1 saturated heterocycles. The highest BCUT2D eigenvalue weighted by atomic mass is 35.5. The summed E-state index contributed by atoms with van der Waals surface area (Å²) in [5, 5.41) is 6.89. The summed E-state index contributed by atoms with van der Waals surface area (Å²) in [6.07, 6.45) is -1.09. The molecule has 4 heteroatoms. The molecule has 0 aromatic heterocycles. The fraction of sp³-hybridized carbons (Fsp3) is 1.00. The van der Waals surface area contributed by atoms with Gasteiger partial charge in [-0.1, -0.05) is 25.4 Å². The molecule has 1 heterocycles. The summed E-state index contributed by atoms with van der Waals surface area (Å²) in [6.45, 7) is 3.50. The van der Waals surface area contributed by atoms with Crippen LogP contribution in [0.1, 0.15) is 20.3 Å². The maximum atomic E-state index is 13.2. The average Bonchev–Trinajstić information content (AvgIpc) is 2.14. The van der Waals surface area contributed by atoms with Crippen LogP contribution in [0.4, 0.5) is 4.39 Å². The third-order valence-electron chi connectivity index (χ3n) is 2.20. The van der Waals surface area contributed by atoms with E-state index in [4.69, 9.17) is 21.4 Å². The van der Waals surface area contributed by atoms with Gasteiger partial charge in [0.05, 0.1) is 6.10 Å². The van der Waals surface area contributed by atoms with Gasteiger partial charge in [-0.25, -0.2) is 4.39 Å². The Morgan fingerprint density at radius 2 is 2.27 bits per heavy atom. The number of ether oxygens (including phenoxy) is 1. The van der Waals surface area contributed by atoms with Crippen molar-refractivity contribution in [2.45, 2.75) is 37.8 Å². The van der Waals surface area contributed by atoms with E-state index in [-0.39, 0.29) is 6.10 Å². The molecule has 0 aliphatic carbocycles. The second kappa shape index (κ2) is 2.88. The van der Waals surface area contributed by atoms with Crippen LogP contribution >= 0.6 is 11.6 Å². The van der Waals surface area contributed by atoms with Crippen LogP contribution in [0.2, 0.25) is 0 Å². The van der Waals surface area contributed by atoms with Crippen molar-refractivity contribution in [2.75, 3.05) is 0 Å². The van der Waals surface area contributed by atoms with Crippen molar-refractivity contribution in [1.29, 1.82) is 0 Å². The average molecular weight is 183 g/mol. The molecule has 4 atom stereocenters. The smallest absolute Gasteiger partial charge is 0.238 e. The molecule has 1 aliphatic heterocycles. The zero-order valence-electron chi connectivity index (χ0n) is 6.55. The van der Waals surface area contributed by atoms with Crippen molar-refractivity contribution in [1.82, 2.24) is 0 Å². The van der Waals surface area contributed by atoms with E-state index in [0.717, 1.165) is 0 Å². The Bertz CT molecular complexity index is 151. The molecule has 0 bridgehead atoms. The lowest BCUT2D eigenvalue weighted by Crippen LogP contribution is -2.32. The fourth-order valence-corrected chi connectivity index (χ4v) is 1.49. The molecule has 1 fully saturated rings. The Morgan fingerprint density at radius 3 is 2.45 bits per heavy atom. The predicted molar refractivity (Wildman–Crippen MR) is 40.0 cm³/mol. The van der Waals surface area contributed by atoms with Crippen LogP contribution in [0.15, 0.2) is 0 Å². The Hall–Kier alpha value is 0.140. The highest BCUT2D eigenvalue weighted by molar-refractivity contribution is 6.23. The fourth-order valence-electron chi connectivity index (χ4n) is 1.30. The zero-order chi connectivity index (χ0) is 8.65. The topological polar surface area (TPSA) is 29.5 Å². The molecule has 0 spiro atoms. The number of alkyl halides is 2. The van der Waals surface area contributed by atoms with E-state index in [1.54, 1.807) is 6.92 Å². The first-order valence-electron chi connectivity index (χ1n) is 3.71. The van der Waals surface area contributed by atoms with Gasteiger partial charge in [0.1, 0.15) is 0 Å². The van der Waals surface area contributed by atoms with Crippen molar-refractivity contribution >= 4 is 11.6 Å². The number of aliphatic hydroxyl groups is 1. The van der Waals surface area contributed by atoms with Gasteiger partial charge in [-0.05, 0) is 6.42 Å². The van der Waals surface area contributed by atoms with Crippen LogP contribution in [0.3, 0.4) is 0 Å². The lowest BCUT2D eigenvalue weighted by molar-refractivity contribution is -0.121. The molecule has 11 heavy (non-hydrogen) atoms. The molecule has 1 unspecified atom stereocenters. The van der Waals surface area contributed by atoms with Crippen LogP contribution in [0, 0.1) is 5.92 Å². The molecule has 0 saturated carbocycles. The normalized spacial score (nSPS) is 51.5. The van der Waals surface area contributed by atoms with Gasteiger partial charge in [0, 0.05) is 5.92 Å². The second-order valence-electron chi connectivity index (χ2n) is 2.90. The molecule has 1 aliphatic rings. The molecule has 66 valence electrons. The number of halogens is 2. The minimum Gasteiger partial charge on any atom is -0.364 e. The van der Waals surface area contributed by atoms with Crippen molar-refractivity contribution in [3.05, 3.63) is 0 Å². The van der Waals surface area contributed by atoms with Crippen molar-refractivity contribution in [3.8, 4) is 0 Å². The van der Waals surface area contributed by atoms with Crippen LogP contribution in [0.5, 0.6) is 0 Å². The molecule has 0 amide bonds. The van der Waals surface area contributed by atoms with Crippen molar-refractivity contribution < 1.29 is 14.2 Å². The number of hydrogen-bond donors (Lipinski definition) is 1. The van der Waals surface area contributed by atoms with E-state index in [9.17, 15) is 4.39 Å². The maximum Gasteiger partial charge on any atom is 0.238 e. The van der Waals surface area contributed by atoms with Gasteiger partial charge in [0.25, 0.3) is 0 Å². The second-order valence-corrected chi connectivity index (χ2v) is 3.48. The first-order valence-corrected chi connectivity index (χ1v) is 4.09. The monoisotopic (exact) mass is 182 g/mol. The molecule has 0 radical (unpaired) electrons. The van der Waals surface area contributed by atoms with Crippen LogP contribution in [-0.2, 0) is 4.74 Å². The minimum atomic E-state index is -2.11. The van der Waals surface area contributed by atoms with Gasteiger partial charge >= 0.3 is 0 Å². The zero-order valence-corrected chi connectivity index (χ0v) is 7.31. The van der Waals surface area contributed by atoms with Crippen molar-refractivity contribution in [2.24, 2.45) is 5.92 Å². The Kier molecular flexibility index (Phi) is 2.42. The lowest BCUT2D eigenvalue weighted by Gasteiger charge is -2.18. The molecule has 2 nitrogen and oxygen atoms in total. The summed E-state index contributed by atoms with van der Waals surface area (Å²) in [5.74, 6) is -0.454. The third-order valence-corrected chi connectivity index (χ3v) is 2.73. The van der Waals surface area contributed by atoms with Gasteiger partial charge in [0.2, 0.25) is 11.4 Å². The molecular weight excluding hydrogens is 171 g/mol. The highest BCUT2D eigenvalue weighted by Crippen LogP contribution is 2.42. The minimum absolute atomic E-state index is 0.271. The van der Waals surface area contributed by atoms with E-state index in [0.29, 0.717) is 6.42 Å². The Morgan fingerprint density at radius 1 is 1.73 bits per heavy atom. The highest BCUT2D eigenvalue weighted by Gasteiger charge is 2.53. The van der Waals surface area contributed by atoms with Gasteiger partial charge < -0.3 is 9.84 Å². The van der Waals surface area contributed by atoms with Gasteiger partial charge in [-0.2, -0.15) is 0 Å². The van der Waals surface area contributed by atoms with Gasteiger partial charge in [0.15, 0.2) is 0 Å². The summed E-state index contributed by atoms with van der Waals surface area (Å²) in [7, 11) is 0. The van der Waals surface area contributed by atoms with Gasteiger partial charge in [-0.15, -0.1) is 0 Å². The molecule has 1 N–H and O–H groups in total. The lowest BCUT2D eigenvalue weighted by atomic mass is 10.00. The summed E-state index contributed by atoms with van der Waals surface area (Å²) in [4.78, 5) is 0. The van der Waals surface area contributed by atoms with E-state index < -0.39 is 17.3 Å². The van der Waals surface area contributed by atoms with E-state index in [1.807, 2.05) is 6.92 Å². The quantitative estimate of drug-likeness (QED) is 0.625. The number of rotatable bonds is 1. The molecular formula is C7H12ClFO2. The predicted octanol–water partition coefficient (Wildman–Crippen LogP) is 1.65. The SMILES string of the molecule is CC[C@H]1OC(O)[C@](F)(Cl)[C@@H]1C. The van der Waals surface area contributed by atoms with Crippen molar-refractivity contribution in [3.63, 3.8) is 0 Å². The summed E-state index contributed by atoms with van der Waals surface area (Å²) >= 11 is 5.40. The Balaban J connectivity index is 2.71. The number of aliphatic hydroxyl groups excluding tert-OH is 1. The number of hydrogen-bond acceptors (Lipinski definition) is 2. The summed E-state index contributed by atoms with van der Waals surface area (Å²) < 4.78 is 18.1. The van der Waals surface area contributed by atoms with E-state index in [2.05, 4.69) is 0 Å². The van der Waals surface area contributed by atoms with E-state index in [1.165, 1.54) is 0 Å². The maximum absolute atomic E-state index is 13.2. The Labute approximate surface area is 70.3 Å².